The summed E-state index contributed by atoms with van der Waals surface area (Å²) in [4.78, 5) is 4.68. The Balaban J connectivity index is 1.58. The second-order valence-corrected chi connectivity index (χ2v) is 6.86. The molecule has 0 atom stereocenters. The molecule has 5 heteroatoms. The molecular weight excluding hydrogens is 338 g/mol. The molecule has 0 unspecified atom stereocenters. The highest BCUT2D eigenvalue weighted by Crippen LogP contribution is 2.41. The Morgan fingerprint density at radius 1 is 0.778 bits per heavy atom. The van der Waals surface area contributed by atoms with E-state index in [2.05, 4.69) is 39.4 Å². The van der Waals surface area contributed by atoms with Gasteiger partial charge >= 0.3 is 0 Å². The van der Waals surface area contributed by atoms with Crippen LogP contribution in [-0.4, -0.2) is 28.4 Å². The van der Waals surface area contributed by atoms with E-state index in [4.69, 9.17) is 9.15 Å². The molecule has 1 aliphatic rings. The molecule has 0 amide bonds. The minimum Gasteiger partial charge on any atom is -0.418 e. The minimum atomic E-state index is -0.304. The number of fused-ring (bicyclic) bond motifs is 1. The van der Waals surface area contributed by atoms with E-state index in [0.29, 0.717) is 30.7 Å². The van der Waals surface area contributed by atoms with E-state index in [-0.39, 0.29) is 5.41 Å². The summed E-state index contributed by atoms with van der Waals surface area (Å²) >= 11 is 0. The topological polar surface area (TPSA) is 61.0 Å². The molecule has 0 saturated carbocycles. The summed E-state index contributed by atoms with van der Waals surface area (Å²) in [6.45, 7) is 1.36. The fourth-order valence-corrected chi connectivity index (χ4v) is 3.81. The van der Waals surface area contributed by atoms with Crippen LogP contribution in [0.1, 0.15) is 24.3 Å². The maximum atomic E-state index is 6.18. The molecule has 5 rings (SSSR count). The molecule has 1 fully saturated rings. The molecule has 134 valence electrons. The van der Waals surface area contributed by atoms with E-state index in [9.17, 15) is 0 Å². The predicted octanol–water partition coefficient (Wildman–Crippen LogP) is 4.38. The van der Waals surface area contributed by atoms with E-state index in [0.717, 1.165) is 23.7 Å². The lowest BCUT2D eigenvalue weighted by molar-refractivity contribution is 0.0546. The Kier molecular flexibility index (Phi) is 3.94. The van der Waals surface area contributed by atoms with E-state index in [1.807, 2.05) is 42.5 Å². The second kappa shape index (κ2) is 6.59. The molecule has 3 heterocycles. The zero-order valence-corrected chi connectivity index (χ0v) is 14.8. The average Bonchev–Trinajstić information content (AvgIpc) is 3.25. The van der Waals surface area contributed by atoms with Crippen LogP contribution in [0.4, 0.5) is 0 Å². The Hall–Kier alpha value is -3.05. The minimum absolute atomic E-state index is 0.304. The molecule has 0 spiro atoms. The predicted molar refractivity (Wildman–Crippen MR) is 102 cm³/mol. The zero-order valence-electron chi connectivity index (χ0n) is 14.8. The first-order chi connectivity index (χ1) is 13.4. The summed E-state index contributed by atoms with van der Waals surface area (Å²) in [6.07, 6.45) is 1.65. The van der Waals surface area contributed by atoms with E-state index in [1.54, 1.807) is 0 Å². The third-order valence-corrected chi connectivity index (χ3v) is 5.32. The highest BCUT2D eigenvalue weighted by Gasteiger charge is 2.41. The van der Waals surface area contributed by atoms with Crippen LogP contribution in [0.25, 0.3) is 22.5 Å². The summed E-state index contributed by atoms with van der Waals surface area (Å²) < 4.78 is 11.8. The van der Waals surface area contributed by atoms with Crippen LogP contribution in [0.5, 0.6) is 0 Å². The number of pyridine rings is 1. The maximum absolute atomic E-state index is 6.18. The number of nitrogens with zero attached hydrogens (tertiary/aromatic N) is 3. The summed E-state index contributed by atoms with van der Waals surface area (Å²) in [5.74, 6) is 1.10. The molecule has 5 nitrogen and oxygen atoms in total. The van der Waals surface area contributed by atoms with Crippen molar-refractivity contribution in [3.8, 4) is 11.6 Å². The summed E-state index contributed by atoms with van der Waals surface area (Å²) in [6, 6.07) is 22.3. The summed E-state index contributed by atoms with van der Waals surface area (Å²) in [5.41, 5.74) is 2.50. The normalized spacial score (nSPS) is 16.4. The highest BCUT2D eigenvalue weighted by atomic mass is 16.5. The molecule has 1 saturated heterocycles. The van der Waals surface area contributed by atoms with Gasteiger partial charge in [-0.1, -0.05) is 54.6 Å². The first-order valence-corrected chi connectivity index (χ1v) is 9.19. The number of ether oxygens (including phenoxy) is 1. The molecule has 2 aromatic heterocycles. The van der Waals surface area contributed by atoms with Gasteiger partial charge in [0.25, 0.3) is 5.89 Å². The lowest BCUT2D eigenvalue weighted by atomic mass is 9.74. The first kappa shape index (κ1) is 16.1. The van der Waals surface area contributed by atoms with Gasteiger partial charge in [-0.25, -0.2) is 4.98 Å². The summed E-state index contributed by atoms with van der Waals surface area (Å²) in [5, 5.41) is 9.84. The largest absolute Gasteiger partial charge is 0.418 e. The molecule has 4 aromatic rings. The van der Waals surface area contributed by atoms with Gasteiger partial charge in [0.05, 0.1) is 10.9 Å². The van der Waals surface area contributed by atoms with E-state index < -0.39 is 0 Å². The fourth-order valence-electron chi connectivity index (χ4n) is 3.81. The van der Waals surface area contributed by atoms with Gasteiger partial charge in [0.15, 0.2) is 0 Å². The molecule has 1 aliphatic heterocycles. The first-order valence-electron chi connectivity index (χ1n) is 9.19. The number of para-hydroxylation sites is 1. The third kappa shape index (κ3) is 2.80. The number of hydrogen-bond donors (Lipinski definition) is 0. The quantitative estimate of drug-likeness (QED) is 0.544. The maximum Gasteiger partial charge on any atom is 0.266 e. The zero-order chi connectivity index (χ0) is 18.1. The van der Waals surface area contributed by atoms with Gasteiger partial charge in [-0.2, -0.15) is 0 Å². The molecule has 0 N–H and O–H groups in total. The number of benzene rings is 2. The van der Waals surface area contributed by atoms with Crippen molar-refractivity contribution in [3.05, 3.63) is 78.2 Å². The van der Waals surface area contributed by atoms with Crippen molar-refractivity contribution in [1.29, 1.82) is 0 Å². The van der Waals surface area contributed by atoms with E-state index in [1.165, 1.54) is 5.56 Å². The van der Waals surface area contributed by atoms with Crippen LogP contribution in [0, 0.1) is 0 Å². The molecule has 0 radical (unpaired) electrons. The number of aromatic nitrogens is 3. The lowest BCUT2D eigenvalue weighted by Gasteiger charge is -2.34. The van der Waals surface area contributed by atoms with Gasteiger partial charge in [-0.05, 0) is 30.5 Å². The fraction of sp³-hybridized carbons (Fsp3) is 0.227. The Bertz CT molecular complexity index is 1070. The van der Waals surface area contributed by atoms with Gasteiger partial charge in [0.2, 0.25) is 5.89 Å². The van der Waals surface area contributed by atoms with Gasteiger partial charge < -0.3 is 9.15 Å². The highest BCUT2D eigenvalue weighted by molar-refractivity contribution is 5.80. The smallest absolute Gasteiger partial charge is 0.266 e. The molecule has 27 heavy (non-hydrogen) atoms. The standard InChI is InChI=1S/C22H19N3O2/c1-2-7-17(8-3-1)22(12-14-26-15-13-22)21-25-24-20(27-21)19-11-10-16-6-4-5-9-18(16)23-19/h1-11H,12-15H2. The molecule has 2 aromatic carbocycles. The van der Waals surface area contributed by atoms with Crippen molar-refractivity contribution >= 4 is 10.9 Å². The van der Waals surface area contributed by atoms with Crippen molar-refractivity contribution in [3.63, 3.8) is 0 Å². The van der Waals surface area contributed by atoms with Gasteiger partial charge in [0, 0.05) is 18.6 Å². The van der Waals surface area contributed by atoms with Crippen molar-refractivity contribution in [2.75, 3.05) is 13.2 Å². The van der Waals surface area contributed by atoms with Crippen LogP contribution >= 0.6 is 0 Å². The van der Waals surface area contributed by atoms with Gasteiger partial charge in [-0.3, -0.25) is 0 Å². The van der Waals surface area contributed by atoms with Crippen molar-refractivity contribution in [1.82, 2.24) is 15.2 Å². The van der Waals surface area contributed by atoms with Crippen LogP contribution in [0.2, 0.25) is 0 Å². The van der Waals surface area contributed by atoms with Gasteiger partial charge in [-0.15, -0.1) is 10.2 Å². The number of rotatable bonds is 3. The van der Waals surface area contributed by atoms with Crippen LogP contribution in [-0.2, 0) is 10.2 Å². The monoisotopic (exact) mass is 357 g/mol. The SMILES string of the molecule is c1ccc(C2(c3nnc(-c4ccc5ccccc5n4)o3)CCOCC2)cc1. The Labute approximate surface area is 157 Å². The van der Waals surface area contributed by atoms with Gasteiger partial charge in [0.1, 0.15) is 5.69 Å². The van der Waals surface area contributed by atoms with Crippen LogP contribution in [0.15, 0.2) is 71.1 Å². The van der Waals surface area contributed by atoms with Crippen molar-refractivity contribution < 1.29 is 9.15 Å². The molecular formula is C22H19N3O2. The molecule has 0 aliphatic carbocycles. The Morgan fingerprint density at radius 3 is 2.41 bits per heavy atom. The van der Waals surface area contributed by atoms with Crippen molar-refractivity contribution in [2.45, 2.75) is 18.3 Å². The Morgan fingerprint density at radius 2 is 1.56 bits per heavy atom. The third-order valence-electron chi connectivity index (χ3n) is 5.32. The second-order valence-electron chi connectivity index (χ2n) is 6.86. The van der Waals surface area contributed by atoms with Crippen LogP contribution < -0.4 is 0 Å². The molecule has 0 bridgehead atoms. The summed E-state index contributed by atoms with van der Waals surface area (Å²) in [7, 11) is 0. The lowest BCUT2D eigenvalue weighted by Crippen LogP contribution is -2.35. The van der Waals surface area contributed by atoms with E-state index >= 15 is 0 Å². The van der Waals surface area contributed by atoms with Crippen LogP contribution in [0.3, 0.4) is 0 Å². The average molecular weight is 357 g/mol. The number of hydrogen-bond acceptors (Lipinski definition) is 5. The van der Waals surface area contributed by atoms with Crippen molar-refractivity contribution in [2.24, 2.45) is 0 Å².